The Balaban J connectivity index is -0.0000000818. The van der Waals surface area contributed by atoms with Gasteiger partial charge in [0.2, 0.25) is 0 Å². The molecule has 2 N–H and O–H groups in total. The molecule has 0 aliphatic rings. The van der Waals surface area contributed by atoms with Gasteiger partial charge in [-0.3, -0.25) is 0 Å². The summed E-state index contributed by atoms with van der Waals surface area (Å²) < 4.78 is 8.55. The van der Waals surface area contributed by atoms with Crippen LogP contribution in [0.25, 0.3) is 0 Å². The Labute approximate surface area is 159 Å². The van der Waals surface area contributed by atoms with Crippen molar-refractivity contribution in [3.8, 4) is 11.5 Å². The van der Waals surface area contributed by atoms with Crippen molar-refractivity contribution in [2.45, 2.75) is 0 Å². The van der Waals surface area contributed by atoms with E-state index in [2.05, 4.69) is 0 Å². The van der Waals surface area contributed by atoms with Crippen LogP contribution in [0.4, 0.5) is 0 Å². The largest absolute Gasteiger partial charge is 1.00 e. The van der Waals surface area contributed by atoms with E-state index >= 15 is 0 Å². The zero-order chi connectivity index (χ0) is 10.5. The number of hydrogen-bond donors (Lipinski definition) is 2. The molecule has 16 heavy (non-hydrogen) atoms. The van der Waals surface area contributed by atoms with Crippen molar-refractivity contribution in [2.75, 3.05) is 0 Å². The molecular weight excluding hydrogens is 268 g/mol. The molecule has 74 valence electrons. The van der Waals surface area contributed by atoms with Crippen LogP contribution in [0, 0.1) is 0 Å². The zero-order valence-electron chi connectivity index (χ0n) is 9.28. The number of hydrogen-bond acceptors (Lipinski definition) is 6. The molecule has 0 saturated carbocycles. The van der Waals surface area contributed by atoms with E-state index in [9.17, 15) is 0 Å². The predicted molar refractivity (Wildman–Crippen MR) is 37.4 cm³/mol. The molecule has 0 radical (unpaired) electrons. The molecule has 0 unspecified atom stereocenters. The van der Waals surface area contributed by atoms with Gasteiger partial charge in [0.15, 0.2) is 0 Å². The number of phosphoric acid groups is 1. The van der Waals surface area contributed by atoms with Gasteiger partial charge >= 0.3 is 88.7 Å². The van der Waals surface area contributed by atoms with Crippen LogP contribution in [0.2, 0.25) is 0 Å². The van der Waals surface area contributed by atoms with Crippen molar-refractivity contribution in [2.24, 2.45) is 0 Å². The summed E-state index contributed by atoms with van der Waals surface area (Å²) in [4.78, 5) is 25.6. The van der Waals surface area contributed by atoms with E-state index in [-0.39, 0.29) is 100 Å². The normalized spacial score (nSPS) is 8.19. The van der Waals surface area contributed by atoms with E-state index in [1.165, 1.54) is 24.3 Å². The molecule has 0 fully saturated rings. The van der Waals surface area contributed by atoms with Gasteiger partial charge in [-0.1, -0.05) is 0 Å². The molecule has 0 heterocycles. The van der Waals surface area contributed by atoms with Gasteiger partial charge in [0.25, 0.3) is 0 Å². The van der Waals surface area contributed by atoms with E-state index < -0.39 is 7.82 Å². The Morgan fingerprint density at radius 2 is 0.938 bits per heavy atom. The van der Waals surface area contributed by atoms with Crippen LogP contribution in [0.15, 0.2) is 24.3 Å². The minimum absolute atomic E-state index is 0. The molecule has 1 aromatic rings. The molecule has 10 heteroatoms. The number of phenolic OH excluding ortho intramolecular Hbond substituents is 2. The second kappa shape index (κ2) is 13.4. The van der Waals surface area contributed by atoms with Gasteiger partial charge in [-0.05, 0) is 24.3 Å². The van der Waals surface area contributed by atoms with Crippen LogP contribution in [0.1, 0.15) is 0 Å². The molecule has 0 aliphatic heterocycles. The summed E-state index contributed by atoms with van der Waals surface area (Å²) >= 11 is 0. The third-order valence-corrected chi connectivity index (χ3v) is 0.850. The standard InChI is InChI=1S/C6H6O2.3Na.H3O4P/c7-5-1-2-6(8)4-3-5;;;;1-5(2,3)4/h1-4,7-8H;;;;(H3,1,2,3,4)/q;3*+1;/p-3. The van der Waals surface area contributed by atoms with Crippen molar-refractivity contribution in [1.82, 2.24) is 0 Å². The average molecular weight is 274 g/mol. The number of phenols is 2. The van der Waals surface area contributed by atoms with E-state index in [0.717, 1.165) is 0 Å². The monoisotopic (exact) mass is 274 g/mol. The van der Waals surface area contributed by atoms with Gasteiger partial charge in [-0.25, -0.2) is 0 Å². The number of rotatable bonds is 0. The van der Waals surface area contributed by atoms with Gasteiger partial charge < -0.3 is 29.5 Å². The molecule has 1 aromatic carbocycles. The van der Waals surface area contributed by atoms with Crippen LogP contribution in [-0.2, 0) is 4.57 Å². The van der Waals surface area contributed by atoms with E-state index in [1.807, 2.05) is 0 Å². The maximum atomic E-state index is 8.65. The SMILES string of the molecule is O=P([O-])([O-])[O-].Oc1ccc(O)cc1.[Na+].[Na+].[Na+]. The Bertz CT molecular complexity index is 270. The van der Waals surface area contributed by atoms with Crippen LogP contribution in [0.3, 0.4) is 0 Å². The molecule has 0 aromatic heterocycles. The summed E-state index contributed by atoms with van der Waals surface area (Å²) in [7, 11) is -5.39. The van der Waals surface area contributed by atoms with Gasteiger partial charge in [0.1, 0.15) is 11.5 Å². The summed E-state index contributed by atoms with van der Waals surface area (Å²) in [5.74, 6) is 0.339. The molecular formula is C6H6Na3O6P. The smallest absolute Gasteiger partial charge is 0.822 e. The number of benzene rings is 1. The van der Waals surface area contributed by atoms with Gasteiger partial charge in [-0.2, -0.15) is 7.82 Å². The zero-order valence-corrected chi connectivity index (χ0v) is 16.2. The van der Waals surface area contributed by atoms with Gasteiger partial charge in [0, 0.05) is 0 Å². The van der Waals surface area contributed by atoms with Crippen LogP contribution >= 0.6 is 7.82 Å². The maximum Gasteiger partial charge on any atom is 1.00 e. The Hall–Kier alpha value is 1.93. The molecule has 1 rings (SSSR count). The topological polar surface area (TPSA) is 127 Å². The molecule has 6 nitrogen and oxygen atoms in total. The molecule has 0 aliphatic carbocycles. The summed E-state index contributed by atoms with van der Waals surface area (Å²) in [5, 5.41) is 17.3. The van der Waals surface area contributed by atoms with Crippen LogP contribution < -0.4 is 103 Å². The van der Waals surface area contributed by atoms with E-state index in [1.54, 1.807) is 0 Å². The van der Waals surface area contributed by atoms with Crippen molar-refractivity contribution >= 4 is 7.82 Å². The van der Waals surface area contributed by atoms with Crippen LogP contribution in [0.5, 0.6) is 11.5 Å². The van der Waals surface area contributed by atoms with Crippen molar-refractivity contribution in [3.63, 3.8) is 0 Å². The Kier molecular flexibility index (Phi) is 22.1. The predicted octanol–water partition coefficient (Wildman–Crippen LogP) is -10.7. The summed E-state index contributed by atoms with van der Waals surface area (Å²) in [6.45, 7) is 0. The first-order valence-corrected chi connectivity index (χ1v) is 4.46. The molecule has 0 spiro atoms. The second-order valence-corrected chi connectivity index (χ2v) is 2.86. The van der Waals surface area contributed by atoms with E-state index in [0.29, 0.717) is 0 Å². The van der Waals surface area contributed by atoms with Crippen molar-refractivity contribution in [1.29, 1.82) is 0 Å². The van der Waals surface area contributed by atoms with E-state index in [4.69, 9.17) is 29.5 Å². The quantitative estimate of drug-likeness (QED) is 0.275. The van der Waals surface area contributed by atoms with Crippen molar-refractivity contribution in [3.05, 3.63) is 24.3 Å². The van der Waals surface area contributed by atoms with Crippen LogP contribution in [-0.4, -0.2) is 10.2 Å². The second-order valence-electron chi connectivity index (χ2n) is 1.96. The number of aromatic hydroxyl groups is 2. The minimum Gasteiger partial charge on any atom is -0.822 e. The summed E-state index contributed by atoms with van der Waals surface area (Å²) in [6, 6.07) is 5.70. The fraction of sp³-hybridized carbons (Fsp3) is 0. The first-order valence-electron chi connectivity index (χ1n) is 3.00. The minimum atomic E-state index is -5.39. The summed E-state index contributed by atoms with van der Waals surface area (Å²) in [5.41, 5.74) is 0. The Morgan fingerprint density at radius 3 is 1.06 bits per heavy atom. The van der Waals surface area contributed by atoms with Crippen molar-refractivity contribution < 1.29 is 118 Å². The molecule has 0 atom stereocenters. The third kappa shape index (κ3) is 24.9. The summed E-state index contributed by atoms with van der Waals surface area (Å²) in [6.07, 6.45) is 0. The van der Waals surface area contributed by atoms with Gasteiger partial charge in [0.05, 0.1) is 0 Å². The fourth-order valence-electron chi connectivity index (χ4n) is 0.453. The molecule has 0 amide bonds. The molecule has 0 saturated heterocycles. The molecule has 0 bridgehead atoms. The maximum absolute atomic E-state index is 8.65. The third-order valence-electron chi connectivity index (χ3n) is 0.850. The Morgan fingerprint density at radius 1 is 0.812 bits per heavy atom. The first-order chi connectivity index (χ1) is 5.79. The van der Waals surface area contributed by atoms with Gasteiger partial charge in [-0.15, -0.1) is 0 Å². The average Bonchev–Trinajstić information content (AvgIpc) is 1.92. The fourth-order valence-corrected chi connectivity index (χ4v) is 0.453. The first kappa shape index (κ1) is 26.5.